The first-order valence-corrected chi connectivity index (χ1v) is 13.0. The maximum atomic E-state index is 5.89. The molecule has 34 heavy (non-hydrogen) atoms. The lowest BCUT2D eigenvalue weighted by Crippen LogP contribution is -2.42. The second-order valence-corrected chi connectivity index (χ2v) is 10.2. The molecule has 0 spiro atoms. The number of morpholine rings is 1. The maximum Gasteiger partial charge on any atom is 0.170 e. The molecule has 2 atom stereocenters. The van der Waals surface area contributed by atoms with Gasteiger partial charge in [0.25, 0.3) is 0 Å². The number of nitrogens with one attached hydrogen (secondary N) is 1. The number of aromatic nitrogens is 2. The van der Waals surface area contributed by atoms with Gasteiger partial charge in [0, 0.05) is 53.9 Å². The molecule has 2 aliphatic rings. The molecule has 2 aliphatic heterocycles. The summed E-state index contributed by atoms with van der Waals surface area (Å²) in [6.07, 6.45) is 1.86. The highest BCUT2D eigenvalue weighted by atomic mass is 79.9. The van der Waals surface area contributed by atoms with E-state index in [1.165, 1.54) is 17.0 Å². The number of aryl methyl sites for hydroxylation is 1. The van der Waals surface area contributed by atoms with Crippen LogP contribution in [-0.2, 0) is 4.74 Å². The number of hydrogen-bond acceptors (Lipinski definition) is 4. The Morgan fingerprint density at radius 2 is 1.91 bits per heavy atom. The minimum Gasteiger partial charge on any atom is -0.379 e. The smallest absolute Gasteiger partial charge is 0.170 e. The van der Waals surface area contributed by atoms with Crippen LogP contribution >= 0.6 is 28.1 Å². The zero-order valence-corrected chi connectivity index (χ0v) is 22.0. The van der Waals surface area contributed by atoms with E-state index in [1.807, 2.05) is 18.3 Å². The van der Waals surface area contributed by atoms with Gasteiger partial charge in [0.1, 0.15) is 0 Å². The van der Waals surface area contributed by atoms with E-state index in [-0.39, 0.29) is 12.1 Å². The number of ether oxygens (including phenoxy) is 1. The van der Waals surface area contributed by atoms with E-state index >= 15 is 0 Å². The topological polar surface area (TPSA) is 45.6 Å². The van der Waals surface area contributed by atoms with Crippen molar-refractivity contribution in [2.75, 3.05) is 39.4 Å². The number of hydrogen-bond donors (Lipinski definition) is 1. The van der Waals surface area contributed by atoms with Crippen LogP contribution in [-0.4, -0.2) is 63.9 Å². The van der Waals surface area contributed by atoms with E-state index in [1.54, 1.807) is 0 Å². The third-order valence-electron chi connectivity index (χ3n) is 6.81. The molecule has 1 aromatic carbocycles. The summed E-state index contributed by atoms with van der Waals surface area (Å²) in [7, 11) is 0. The average molecular weight is 541 g/mol. The quantitative estimate of drug-likeness (QED) is 0.463. The molecule has 5 rings (SSSR count). The highest BCUT2D eigenvalue weighted by Crippen LogP contribution is 2.41. The minimum absolute atomic E-state index is 0.00477. The average Bonchev–Trinajstić information content (AvgIpc) is 3.33. The molecular weight excluding hydrogens is 510 g/mol. The molecule has 0 radical (unpaired) electrons. The van der Waals surface area contributed by atoms with Crippen molar-refractivity contribution in [3.8, 4) is 5.69 Å². The van der Waals surface area contributed by atoms with Gasteiger partial charge >= 0.3 is 0 Å². The van der Waals surface area contributed by atoms with Crippen LogP contribution in [0.4, 0.5) is 0 Å². The Morgan fingerprint density at radius 1 is 1.09 bits per heavy atom. The van der Waals surface area contributed by atoms with Crippen molar-refractivity contribution in [2.24, 2.45) is 0 Å². The van der Waals surface area contributed by atoms with Crippen LogP contribution in [0.15, 0.2) is 59.2 Å². The van der Waals surface area contributed by atoms with Crippen LogP contribution in [0.2, 0.25) is 0 Å². The fraction of sp³-hybridized carbons (Fsp3) is 0.385. The standard InChI is InChI=1S/C26H30BrN5OS/c1-18-16-22(19(2)32(18)21-7-5-6-20(27)17-21)25-24(23-8-3-4-9-28-23)29-26(34)31(25)11-10-30-12-14-33-15-13-30/h3-9,16-17,24-25H,10-15H2,1-2H3,(H,29,34). The zero-order chi connectivity index (χ0) is 23.7. The van der Waals surface area contributed by atoms with Crippen molar-refractivity contribution in [3.05, 3.63) is 81.8 Å². The normalized spacial score (nSPS) is 21.1. The lowest BCUT2D eigenvalue weighted by atomic mass is 9.96. The Balaban J connectivity index is 1.52. The first-order valence-electron chi connectivity index (χ1n) is 11.8. The van der Waals surface area contributed by atoms with E-state index in [0.717, 1.165) is 60.4 Å². The van der Waals surface area contributed by atoms with Gasteiger partial charge in [0.05, 0.1) is 31.0 Å². The van der Waals surface area contributed by atoms with Gasteiger partial charge in [0.2, 0.25) is 0 Å². The summed E-state index contributed by atoms with van der Waals surface area (Å²) >= 11 is 9.51. The summed E-state index contributed by atoms with van der Waals surface area (Å²) < 4.78 is 8.93. The summed E-state index contributed by atoms with van der Waals surface area (Å²) in [5.41, 5.74) is 5.87. The van der Waals surface area contributed by atoms with Crippen LogP contribution in [0.25, 0.3) is 5.69 Å². The van der Waals surface area contributed by atoms with Crippen molar-refractivity contribution in [3.63, 3.8) is 0 Å². The monoisotopic (exact) mass is 539 g/mol. The fourth-order valence-electron chi connectivity index (χ4n) is 5.16. The largest absolute Gasteiger partial charge is 0.379 e. The zero-order valence-electron chi connectivity index (χ0n) is 19.6. The molecule has 1 N–H and O–H groups in total. The van der Waals surface area contributed by atoms with Gasteiger partial charge in [-0.05, 0) is 68.0 Å². The molecule has 2 aromatic heterocycles. The van der Waals surface area contributed by atoms with E-state index in [2.05, 4.69) is 85.9 Å². The van der Waals surface area contributed by atoms with Crippen LogP contribution in [0.3, 0.4) is 0 Å². The Bertz CT molecular complexity index is 1160. The number of pyridine rings is 1. The van der Waals surface area contributed by atoms with Crippen LogP contribution in [0.1, 0.15) is 34.7 Å². The number of rotatable bonds is 6. The maximum absolute atomic E-state index is 5.89. The minimum atomic E-state index is -0.00477. The van der Waals surface area contributed by atoms with Gasteiger partial charge in [0.15, 0.2) is 5.11 Å². The number of benzene rings is 1. The van der Waals surface area contributed by atoms with Crippen LogP contribution in [0.5, 0.6) is 0 Å². The molecule has 8 heteroatoms. The van der Waals surface area contributed by atoms with Crippen molar-refractivity contribution in [2.45, 2.75) is 25.9 Å². The Kier molecular flexibility index (Phi) is 7.01. The van der Waals surface area contributed by atoms with Crippen molar-refractivity contribution in [1.82, 2.24) is 24.7 Å². The van der Waals surface area contributed by atoms with E-state index in [9.17, 15) is 0 Å². The molecule has 6 nitrogen and oxygen atoms in total. The molecule has 3 aromatic rings. The molecule has 2 saturated heterocycles. The van der Waals surface area contributed by atoms with Gasteiger partial charge in [-0.25, -0.2) is 0 Å². The molecule has 0 saturated carbocycles. The molecule has 2 unspecified atom stereocenters. The second-order valence-electron chi connectivity index (χ2n) is 8.92. The van der Waals surface area contributed by atoms with Crippen molar-refractivity contribution in [1.29, 1.82) is 0 Å². The first-order chi connectivity index (χ1) is 16.5. The fourth-order valence-corrected chi connectivity index (χ4v) is 5.88. The van der Waals surface area contributed by atoms with Crippen LogP contribution in [0, 0.1) is 13.8 Å². The Hall–Kier alpha value is -2.26. The molecule has 178 valence electrons. The summed E-state index contributed by atoms with van der Waals surface area (Å²) in [6.45, 7) is 9.75. The highest BCUT2D eigenvalue weighted by Gasteiger charge is 2.41. The van der Waals surface area contributed by atoms with Crippen molar-refractivity contribution >= 4 is 33.3 Å². The third kappa shape index (κ3) is 4.64. The highest BCUT2D eigenvalue weighted by molar-refractivity contribution is 9.10. The summed E-state index contributed by atoms with van der Waals surface area (Å²) in [5, 5.41) is 4.39. The predicted octanol–water partition coefficient (Wildman–Crippen LogP) is 4.56. The summed E-state index contributed by atoms with van der Waals surface area (Å²) in [6, 6.07) is 16.9. The molecule has 2 fully saturated rings. The molecule has 0 bridgehead atoms. The SMILES string of the molecule is Cc1cc(C2C(c3ccccn3)NC(=S)N2CCN2CCOCC2)c(C)n1-c1cccc(Br)c1. The second kappa shape index (κ2) is 10.2. The molecule has 4 heterocycles. The lowest BCUT2D eigenvalue weighted by molar-refractivity contribution is 0.0350. The van der Waals surface area contributed by atoms with Crippen LogP contribution < -0.4 is 5.32 Å². The van der Waals surface area contributed by atoms with E-state index in [0.29, 0.717) is 0 Å². The molecule has 0 amide bonds. The number of nitrogens with zero attached hydrogens (tertiary/aromatic N) is 4. The Morgan fingerprint density at radius 3 is 2.65 bits per heavy atom. The van der Waals surface area contributed by atoms with Gasteiger partial charge < -0.3 is 19.5 Å². The third-order valence-corrected chi connectivity index (χ3v) is 7.66. The first kappa shape index (κ1) is 23.5. The van der Waals surface area contributed by atoms with Gasteiger partial charge in [-0.2, -0.15) is 0 Å². The summed E-state index contributed by atoms with van der Waals surface area (Å²) in [4.78, 5) is 9.51. The summed E-state index contributed by atoms with van der Waals surface area (Å²) in [5.74, 6) is 0. The Labute approximate surface area is 215 Å². The van der Waals surface area contributed by atoms with Gasteiger partial charge in [-0.15, -0.1) is 0 Å². The number of thiocarbonyl (C=S) groups is 1. The van der Waals surface area contributed by atoms with E-state index < -0.39 is 0 Å². The van der Waals surface area contributed by atoms with E-state index in [4.69, 9.17) is 21.9 Å². The van der Waals surface area contributed by atoms with Gasteiger partial charge in [-0.3, -0.25) is 9.88 Å². The van der Waals surface area contributed by atoms with Gasteiger partial charge in [-0.1, -0.05) is 28.1 Å². The predicted molar refractivity (Wildman–Crippen MR) is 142 cm³/mol. The lowest BCUT2D eigenvalue weighted by Gasteiger charge is -2.32. The van der Waals surface area contributed by atoms with Crippen molar-refractivity contribution < 1.29 is 4.74 Å². The molecular formula is C26H30BrN5OS. The molecule has 0 aliphatic carbocycles. The number of halogens is 1.